The van der Waals surface area contributed by atoms with E-state index in [1.165, 1.54) is 18.1 Å². The Kier molecular flexibility index (Phi) is 2.88. The van der Waals surface area contributed by atoms with Crippen molar-refractivity contribution in [1.29, 1.82) is 5.41 Å². The van der Waals surface area contributed by atoms with E-state index >= 15 is 0 Å². The maximum atomic E-state index is 7.58. The minimum atomic E-state index is 0.0141. The normalized spacial score (nSPS) is 10.8. The van der Waals surface area contributed by atoms with Gasteiger partial charge in [0.15, 0.2) is 5.16 Å². The van der Waals surface area contributed by atoms with Gasteiger partial charge < -0.3 is 5.73 Å². The third-order valence-electron chi connectivity index (χ3n) is 2.30. The highest BCUT2D eigenvalue weighted by Crippen LogP contribution is 2.29. The molecule has 0 saturated heterocycles. The van der Waals surface area contributed by atoms with Gasteiger partial charge in [0, 0.05) is 14.1 Å². The van der Waals surface area contributed by atoms with Gasteiger partial charge in [-0.3, -0.25) is 10.1 Å². The Labute approximate surface area is 103 Å². The van der Waals surface area contributed by atoms with Crippen LogP contribution in [0.4, 0.5) is 0 Å². The second-order valence-corrected chi connectivity index (χ2v) is 4.53. The van der Waals surface area contributed by atoms with Crippen molar-refractivity contribution in [2.24, 2.45) is 19.8 Å². The number of nitrogen functional groups attached to an aromatic ring is 1. The maximum Gasteiger partial charge on any atom is 0.192 e. The topological polar surface area (TPSA) is 98.4 Å². The van der Waals surface area contributed by atoms with Gasteiger partial charge in [-0.2, -0.15) is 10.2 Å². The Morgan fingerprint density at radius 3 is 2.65 bits per heavy atom. The summed E-state index contributed by atoms with van der Waals surface area (Å²) < 4.78 is 3.36. The molecule has 0 saturated carbocycles. The van der Waals surface area contributed by atoms with Crippen molar-refractivity contribution >= 4 is 17.6 Å². The molecule has 0 unspecified atom stereocenters. The van der Waals surface area contributed by atoms with E-state index in [0.29, 0.717) is 5.56 Å². The lowest BCUT2D eigenvalue weighted by Gasteiger charge is -2.04. The van der Waals surface area contributed by atoms with Crippen molar-refractivity contribution in [1.82, 2.24) is 24.5 Å². The summed E-state index contributed by atoms with van der Waals surface area (Å²) in [6.45, 7) is 1.83. The van der Waals surface area contributed by atoms with Gasteiger partial charge in [0.1, 0.15) is 17.2 Å². The van der Waals surface area contributed by atoms with Crippen LogP contribution in [0.5, 0.6) is 0 Å². The number of amidine groups is 1. The van der Waals surface area contributed by atoms with Gasteiger partial charge in [0.05, 0.1) is 11.3 Å². The van der Waals surface area contributed by atoms with Crippen LogP contribution in [0.15, 0.2) is 16.5 Å². The molecule has 17 heavy (non-hydrogen) atoms. The second-order valence-electron chi connectivity index (χ2n) is 3.57. The van der Waals surface area contributed by atoms with Crippen molar-refractivity contribution in [3.63, 3.8) is 0 Å². The molecular formula is C9H13N7S. The van der Waals surface area contributed by atoms with Gasteiger partial charge in [0.2, 0.25) is 0 Å². The Bertz CT molecular complexity index is 568. The van der Waals surface area contributed by atoms with Crippen molar-refractivity contribution in [2.45, 2.75) is 17.1 Å². The molecule has 8 heteroatoms. The Morgan fingerprint density at radius 2 is 2.12 bits per heavy atom. The number of nitrogens with zero attached hydrogens (tertiary/aromatic N) is 5. The monoisotopic (exact) mass is 251 g/mol. The molecule has 2 heterocycles. The summed E-state index contributed by atoms with van der Waals surface area (Å²) in [5, 5.41) is 17.4. The number of nitrogens with one attached hydrogen (secondary N) is 1. The van der Waals surface area contributed by atoms with Crippen molar-refractivity contribution in [3.05, 3.63) is 17.6 Å². The van der Waals surface area contributed by atoms with Gasteiger partial charge >= 0.3 is 0 Å². The average molecular weight is 251 g/mol. The van der Waals surface area contributed by atoms with Crippen LogP contribution in [0.3, 0.4) is 0 Å². The highest BCUT2D eigenvalue weighted by molar-refractivity contribution is 7.99. The molecule has 0 amide bonds. The molecule has 0 atom stereocenters. The Morgan fingerprint density at radius 1 is 1.41 bits per heavy atom. The number of aryl methyl sites for hydroxylation is 3. The molecule has 0 aliphatic carbocycles. The first-order chi connectivity index (χ1) is 8.00. The average Bonchev–Trinajstić information content (AvgIpc) is 2.73. The molecule has 3 N–H and O–H groups in total. The van der Waals surface area contributed by atoms with E-state index in [-0.39, 0.29) is 5.84 Å². The summed E-state index contributed by atoms with van der Waals surface area (Å²) in [6, 6.07) is 0. The quantitative estimate of drug-likeness (QED) is 0.603. The van der Waals surface area contributed by atoms with Crippen LogP contribution in [-0.4, -0.2) is 30.4 Å². The largest absolute Gasteiger partial charge is 0.384 e. The standard InChI is InChI=1S/C9H13N7S/c1-5-6(7(10)11)8(15(2)14-5)17-9-12-4-13-16(9)3/h4H,1-3H3,(H3,10,11). The summed E-state index contributed by atoms with van der Waals surface area (Å²) in [7, 11) is 3.63. The molecule has 2 aromatic rings. The van der Waals surface area contributed by atoms with E-state index in [1.54, 1.807) is 9.36 Å². The molecule has 2 rings (SSSR count). The molecule has 0 aliphatic rings. The summed E-state index contributed by atoms with van der Waals surface area (Å²) in [5.41, 5.74) is 6.96. The lowest BCUT2D eigenvalue weighted by molar-refractivity contribution is 0.670. The minimum Gasteiger partial charge on any atom is -0.384 e. The molecule has 90 valence electrons. The molecule has 0 bridgehead atoms. The maximum absolute atomic E-state index is 7.58. The van der Waals surface area contributed by atoms with Gasteiger partial charge in [-0.05, 0) is 18.7 Å². The number of hydrogen-bond acceptors (Lipinski definition) is 5. The second kappa shape index (κ2) is 4.21. The molecule has 0 aliphatic heterocycles. The van der Waals surface area contributed by atoms with Gasteiger partial charge in [-0.1, -0.05) is 0 Å². The first-order valence-corrected chi connectivity index (χ1v) is 5.72. The highest BCUT2D eigenvalue weighted by Gasteiger charge is 2.18. The molecule has 0 fully saturated rings. The number of hydrogen-bond donors (Lipinski definition) is 2. The van der Waals surface area contributed by atoms with Crippen LogP contribution < -0.4 is 5.73 Å². The van der Waals surface area contributed by atoms with E-state index in [4.69, 9.17) is 11.1 Å². The minimum absolute atomic E-state index is 0.0141. The number of aromatic nitrogens is 5. The predicted octanol–water partition coefficient (Wildman–Crippen LogP) is 0.292. The molecule has 0 spiro atoms. The van der Waals surface area contributed by atoms with Crippen LogP contribution in [-0.2, 0) is 14.1 Å². The Hall–Kier alpha value is -1.83. The van der Waals surface area contributed by atoms with Gasteiger partial charge in [0.25, 0.3) is 0 Å². The summed E-state index contributed by atoms with van der Waals surface area (Å²) in [4.78, 5) is 4.12. The smallest absolute Gasteiger partial charge is 0.192 e. The Balaban J connectivity index is 2.45. The van der Waals surface area contributed by atoms with Crippen LogP contribution in [0.1, 0.15) is 11.3 Å². The first kappa shape index (κ1) is 11.6. The third-order valence-corrected chi connectivity index (χ3v) is 3.51. The predicted molar refractivity (Wildman–Crippen MR) is 64.1 cm³/mol. The van der Waals surface area contributed by atoms with Gasteiger partial charge in [-0.15, -0.1) is 0 Å². The molecule has 0 aromatic carbocycles. The van der Waals surface area contributed by atoms with Crippen LogP contribution in [0, 0.1) is 12.3 Å². The zero-order valence-corrected chi connectivity index (χ0v) is 10.6. The summed E-state index contributed by atoms with van der Waals surface area (Å²) >= 11 is 1.39. The summed E-state index contributed by atoms with van der Waals surface area (Å²) in [6.07, 6.45) is 1.49. The fourth-order valence-corrected chi connectivity index (χ4v) is 2.51. The third kappa shape index (κ3) is 2.03. The van der Waals surface area contributed by atoms with E-state index in [0.717, 1.165) is 15.9 Å². The first-order valence-electron chi connectivity index (χ1n) is 4.90. The van der Waals surface area contributed by atoms with Crippen molar-refractivity contribution in [2.75, 3.05) is 0 Å². The number of rotatable bonds is 3. The highest BCUT2D eigenvalue weighted by atomic mass is 32.2. The van der Waals surface area contributed by atoms with Crippen LogP contribution in [0.25, 0.3) is 0 Å². The van der Waals surface area contributed by atoms with Crippen LogP contribution in [0.2, 0.25) is 0 Å². The zero-order valence-electron chi connectivity index (χ0n) is 9.80. The summed E-state index contributed by atoms with van der Waals surface area (Å²) in [5.74, 6) is 0.0141. The van der Waals surface area contributed by atoms with Gasteiger partial charge in [-0.25, -0.2) is 9.67 Å². The fraction of sp³-hybridized carbons (Fsp3) is 0.333. The van der Waals surface area contributed by atoms with E-state index < -0.39 is 0 Å². The zero-order chi connectivity index (χ0) is 12.6. The fourth-order valence-electron chi connectivity index (χ4n) is 1.53. The van der Waals surface area contributed by atoms with Crippen molar-refractivity contribution in [3.8, 4) is 0 Å². The number of nitrogens with two attached hydrogens (primary N) is 1. The molecule has 7 nitrogen and oxygen atoms in total. The van der Waals surface area contributed by atoms with E-state index in [2.05, 4.69) is 15.2 Å². The van der Waals surface area contributed by atoms with E-state index in [9.17, 15) is 0 Å². The SMILES string of the molecule is Cc1nn(C)c(Sc2ncnn2C)c1C(=N)N. The van der Waals surface area contributed by atoms with Crippen molar-refractivity contribution < 1.29 is 0 Å². The molecular weight excluding hydrogens is 238 g/mol. The lowest BCUT2D eigenvalue weighted by Crippen LogP contribution is -2.13. The lowest BCUT2D eigenvalue weighted by atomic mass is 10.2. The molecule has 0 radical (unpaired) electrons. The molecule has 2 aromatic heterocycles. The van der Waals surface area contributed by atoms with E-state index in [1.807, 2.05) is 21.0 Å². The van der Waals surface area contributed by atoms with Crippen LogP contribution >= 0.6 is 11.8 Å².